The van der Waals surface area contributed by atoms with Gasteiger partial charge < -0.3 is 5.11 Å². The minimum atomic E-state index is 0.0309. The fraction of sp³-hybridized carbons (Fsp3) is 0.222. The molecule has 1 aliphatic rings. The second-order valence-electron chi connectivity index (χ2n) is 2.44. The standard InChI is InChI=1S/C9H11NO/c1-3-7-6-8(11)4-5-9(7)10-2/h3-7,9,11H,1-2H2. The minimum absolute atomic E-state index is 0.0309. The van der Waals surface area contributed by atoms with Crippen molar-refractivity contribution in [1.29, 1.82) is 0 Å². The Kier molecular flexibility index (Phi) is 2.26. The van der Waals surface area contributed by atoms with Crippen LogP contribution < -0.4 is 0 Å². The van der Waals surface area contributed by atoms with Crippen molar-refractivity contribution in [2.75, 3.05) is 0 Å². The lowest BCUT2D eigenvalue weighted by Gasteiger charge is -2.17. The maximum Gasteiger partial charge on any atom is 0.112 e. The van der Waals surface area contributed by atoms with Gasteiger partial charge in [-0.25, -0.2) is 0 Å². The van der Waals surface area contributed by atoms with Gasteiger partial charge in [0.1, 0.15) is 5.76 Å². The van der Waals surface area contributed by atoms with Gasteiger partial charge in [0.25, 0.3) is 0 Å². The van der Waals surface area contributed by atoms with Crippen molar-refractivity contribution in [3.05, 3.63) is 36.6 Å². The molecule has 58 valence electrons. The van der Waals surface area contributed by atoms with Crippen molar-refractivity contribution in [3.63, 3.8) is 0 Å². The average molecular weight is 149 g/mol. The SMILES string of the molecule is C=CC1C=C(O)C=CC1N=C. The number of aliphatic imine (C=N–C) groups is 1. The van der Waals surface area contributed by atoms with Crippen LogP contribution in [0.1, 0.15) is 0 Å². The molecule has 0 bridgehead atoms. The number of aliphatic hydroxyl groups is 1. The van der Waals surface area contributed by atoms with Crippen LogP contribution in [0.25, 0.3) is 0 Å². The first kappa shape index (κ1) is 7.79. The van der Waals surface area contributed by atoms with Gasteiger partial charge in [-0.15, -0.1) is 6.58 Å². The van der Waals surface area contributed by atoms with Crippen molar-refractivity contribution in [3.8, 4) is 0 Å². The molecule has 2 unspecified atom stereocenters. The predicted octanol–water partition coefficient (Wildman–Crippen LogP) is 1.87. The number of hydrogen-bond donors (Lipinski definition) is 1. The van der Waals surface area contributed by atoms with E-state index >= 15 is 0 Å². The van der Waals surface area contributed by atoms with E-state index in [0.29, 0.717) is 0 Å². The van der Waals surface area contributed by atoms with E-state index in [1.165, 1.54) is 0 Å². The molecule has 2 heteroatoms. The average Bonchev–Trinajstić information content (AvgIpc) is 2.04. The fourth-order valence-electron chi connectivity index (χ4n) is 1.07. The predicted molar refractivity (Wildman–Crippen MR) is 46.9 cm³/mol. The Morgan fingerprint density at radius 2 is 2.36 bits per heavy atom. The van der Waals surface area contributed by atoms with Gasteiger partial charge in [-0.05, 0) is 18.9 Å². The Balaban J connectivity index is 2.82. The van der Waals surface area contributed by atoms with Crippen LogP contribution in [0.4, 0.5) is 0 Å². The molecule has 0 aromatic rings. The lowest BCUT2D eigenvalue weighted by molar-refractivity contribution is 0.419. The highest BCUT2D eigenvalue weighted by Crippen LogP contribution is 2.18. The third kappa shape index (κ3) is 1.58. The Labute approximate surface area is 66.3 Å². The lowest BCUT2D eigenvalue weighted by atomic mass is 9.95. The summed E-state index contributed by atoms with van der Waals surface area (Å²) in [6.07, 6.45) is 6.90. The Morgan fingerprint density at radius 3 is 2.91 bits per heavy atom. The van der Waals surface area contributed by atoms with Crippen LogP contribution in [0.2, 0.25) is 0 Å². The molecule has 0 aromatic heterocycles. The molecule has 0 fully saturated rings. The number of rotatable bonds is 2. The molecule has 1 N–H and O–H groups in total. The van der Waals surface area contributed by atoms with Crippen LogP contribution in [-0.4, -0.2) is 17.9 Å². The molecule has 0 heterocycles. The van der Waals surface area contributed by atoms with Gasteiger partial charge in [0.2, 0.25) is 0 Å². The summed E-state index contributed by atoms with van der Waals surface area (Å²) in [4.78, 5) is 3.87. The molecule has 0 radical (unpaired) electrons. The van der Waals surface area contributed by atoms with Crippen molar-refractivity contribution < 1.29 is 5.11 Å². The topological polar surface area (TPSA) is 32.6 Å². The summed E-state index contributed by atoms with van der Waals surface area (Å²) < 4.78 is 0. The molecule has 0 aliphatic heterocycles. The third-order valence-electron chi connectivity index (χ3n) is 1.70. The maximum absolute atomic E-state index is 9.09. The van der Waals surface area contributed by atoms with Gasteiger partial charge >= 0.3 is 0 Å². The van der Waals surface area contributed by atoms with Crippen molar-refractivity contribution in [2.24, 2.45) is 10.9 Å². The summed E-state index contributed by atoms with van der Waals surface area (Å²) in [6.45, 7) is 7.09. The van der Waals surface area contributed by atoms with Crippen LogP contribution in [-0.2, 0) is 0 Å². The highest BCUT2D eigenvalue weighted by molar-refractivity contribution is 5.31. The van der Waals surface area contributed by atoms with E-state index in [-0.39, 0.29) is 17.7 Å². The highest BCUT2D eigenvalue weighted by atomic mass is 16.3. The molecular weight excluding hydrogens is 138 g/mol. The zero-order valence-electron chi connectivity index (χ0n) is 6.27. The smallest absolute Gasteiger partial charge is 0.112 e. The first-order valence-corrected chi connectivity index (χ1v) is 3.45. The molecule has 0 saturated carbocycles. The van der Waals surface area contributed by atoms with Gasteiger partial charge in [0.15, 0.2) is 0 Å². The van der Waals surface area contributed by atoms with E-state index in [9.17, 15) is 0 Å². The van der Waals surface area contributed by atoms with E-state index in [1.54, 1.807) is 18.2 Å². The van der Waals surface area contributed by atoms with Gasteiger partial charge in [0, 0.05) is 5.92 Å². The summed E-state index contributed by atoms with van der Waals surface area (Å²) in [5.41, 5.74) is 0. The second kappa shape index (κ2) is 3.19. The van der Waals surface area contributed by atoms with Crippen LogP contribution in [0, 0.1) is 5.92 Å². The van der Waals surface area contributed by atoms with Crippen LogP contribution in [0.3, 0.4) is 0 Å². The Bertz CT molecular complexity index is 228. The van der Waals surface area contributed by atoms with Crippen molar-refractivity contribution in [2.45, 2.75) is 6.04 Å². The molecule has 0 spiro atoms. The molecule has 0 saturated heterocycles. The number of aliphatic hydroxyl groups excluding tert-OH is 1. The second-order valence-corrected chi connectivity index (χ2v) is 2.44. The normalized spacial score (nSPS) is 29.3. The van der Waals surface area contributed by atoms with Gasteiger partial charge in [-0.2, -0.15) is 0 Å². The zero-order valence-corrected chi connectivity index (χ0v) is 6.27. The Morgan fingerprint density at radius 1 is 1.64 bits per heavy atom. The summed E-state index contributed by atoms with van der Waals surface area (Å²) in [5.74, 6) is 0.354. The molecular formula is C9H11NO. The van der Waals surface area contributed by atoms with Crippen LogP contribution in [0.15, 0.2) is 41.6 Å². The maximum atomic E-state index is 9.09. The van der Waals surface area contributed by atoms with E-state index in [0.717, 1.165) is 0 Å². The van der Waals surface area contributed by atoms with E-state index in [4.69, 9.17) is 5.11 Å². The number of hydrogen-bond acceptors (Lipinski definition) is 2. The molecule has 0 aromatic carbocycles. The third-order valence-corrected chi connectivity index (χ3v) is 1.70. The van der Waals surface area contributed by atoms with Gasteiger partial charge in [0.05, 0.1) is 6.04 Å². The summed E-state index contributed by atoms with van der Waals surface area (Å²) in [7, 11) is 0. The largest absolute Gasteiger partial charge is 0.508 e. The summed E-state index contributed by atoms with van der Waals surface area (Å²) in [6, 6.07) is 0.0309. The van der Waals surface area contributed by atoms with E-state index in [2.05, 4.69) is 18.3 Å². The monoisotopic (exact) mass is 149 g/mol. The van der Waals surface area contributed by atoms with Gasteiger partial charge in [-0.1, -0.05) is 12.2 Å². The van der Waals surface area contributed by atoms with Crippen LogP contribution >= 0.6 is 0 Å². The summed E-state index contributed by atoms with van der Waals surface area (Å²) in [5, 5.41) is 9.09. The molecule has 11 heavy (non-hydrogen) atoms. The van der Waals surface area contributed by atoms with Crippen LogP contribution in [0.5, 0.6) is 0 Å². The van der Waals surface area contributed by atoms with E-state index in [1.807, 2.05) is 6.08 Å². The molecule has 1 aliphatic carbocycles. The number of nitrogens with zero attached hydrogens (tertiary/aromatic N) is 1. The first-order valence-electron chi connectivity index (χ1n) is 3.45. The lowest BCUT2D eigenvalue weighted by Crippen LogP contribution is -2.14. The summed E-state index contributed by atoms with van der Waals surface area (Å²) >= 11 is 0. The molecule has 1 rings (SSSR count). The quantitative estimate of drug-likeness (QED) is 0.471. The molecule has 0 amide bonds. The van der Waals surface area contributed by atoms with Gasteiger partial charge in [-0.3, -0.25) is 4.99 Å². The minimum Gasteiger partial charge on any atom is -0.508 e. The fourth-order valence-corrected chi connectivity index (χ4v) is 1.07. The number of allylic oxidation sites excluding steroid dienone is 1. The first-order chi connectivity index (χ1) is 5.27. The molecule has 2 nitrogen and oxygen atoms in total. The Hall–Kier alpha value is -1.31. The molecule has 2 atom stereocenters. The zero-order chi connectivity index (χ0) is 8.27. The van der Waals surface area contributed by atoms with E-state index < -0.39 is 0 Å². The highest BCUT2D eigenvalue weighted by Gasteiger charge is 2.15. The van der Waals surface area contributed by atoms with Crippen molar-refractivity contribution >= 4 is 6.72 Å². The van der Waals surface area contributed by atoms with Crippen molar-refractivity contribution in [1.82, 2.24) is 0 Å².